The van der Waals surface area contributed by atoms with E-state index in [1.807, 2.05) is 31.2 Å². The molecule has 1 N–H and O–H groups in total. The molecule has 0 atom stereocenters. The summed E-state index contributed by atoms with van der Waals surface area (Å²) in [6.45, 7) is 2.69. The Labute approximate surface area is 137 Å². The molecule has 1 saturated carbocycles. The van der Waals surface area contributed by atoms with Crippen molar-refractivity contribution in [2.75, 3.05) is 0 Å². The van der Waals surface area contributed by atoms with Gasteiger partial charge in [0.05, 0.1) is 10.7 Å². The van der Waals surface area contributed by atoms with Crippen LogP contribution < -0.4 is 10.1 Å². The van der Waals surface area contributed by atoms with Gasteiger partial charge in [-0.2, -0.15) is 0 Å². The summed E-state index contributed by atoms with van der Waals surface area (Å²) in [5.74, 6) is 1.36. The molecule has 0 amide bonds. The van der Waals surface area contributed by atoms with E-state index in [1.54, 1.807) is 6.07 Å². The molecule has 0 radical (unpaired) electrons. The number of benzene rings is 1. The van der Waals surface area contributed by atoms with E-state index in [2.05, 4.69) is 26.2 Å². The number of rotatable bonds is 5. The third-order valence-corrected chi connectivity index (χ3v) is 4.23. The van der Waals surface area contributed by atoms with Crippen LogP contribution in [0, 0.1) is 6.92 Å². The highest BCUT2D eigenvalue weighted by molar-refractivity contribution is 9.10. The second kappa shape index (κ2) is 6.34. The normalized spacial score (nSPS) is 14.2. The van der Waals surface area contributed by atoms with Gasteiger partial charge in [0, 0.05) is 23.1 Å². The lowest BCUT2D eigenvalue weighted by Gasteiger charge is -2.11. The zero-order valence-corrected chi connectivity index (χ0v) is 14.0. The Morgan fingerprint density at radius 1 is 1.33 bits per heavy atom. The first-order chi connectivity index (χ1) is 10.1. The van der Waals surface area contributed by atoms with Gasteiger partial charge in [0.1, 0.15) is 5.75 Å². The van der Waals surface area contributed by atoms with Crippen LogP contribution in [0.2, 0.25) is 5.02 Å². The highest BCUT2D eigenvalue weighted by atomic mass is 79.9. The van der Waals surface area contributed by atoms with Gasteiger partial charge >= 0.3 is 0 Å². The van der Waals surface area contributed by atoms with Crippen LogP contribution in [-0.2, 0) is 6.54 Å². The van der Waals surface area contributed by atoms with Crippen molar-refractivity contribution < 1.29 is 4.74 Å². The smallest absolute Gasteiger partial charge is 0.219 e. The van der Waals surface area contributed by atoms with Gasteiger partial charge in [-0.25, -0.2) is 4.98 Å². The quantitative estimate of drug-likeness (QED) is 0.820. The van der Waals surface area contributed by atoms with E-state index in [1.165, 1.54) is 12.8 Å². The number of aryl methyl sites for hydroxylation is 1. The SMILES string of the molecule is Cc1ccc(Br)cc1Oc1ccc(Cl)c(CNC2CC2)n1. The molecule has 3 nitrogen and oxygen atoms in total. The second-order valence-electron chi connectivity index (χ2n) is 5.25. The van der Waals surface area contributed by atoms with E-state index in [-0.39, 0.29) is 0 Å². The fourth-order valence-corrected chi connectivity index (χ4v) is 2.48. The monoisotopic (exact) mass is 366 g/mol. The van der Waals surface area contributed by atoms with E-state index in [0.717, 1.165) is 21.5 Å². The average molecular weight is 368 g/mol. The zero-order chi connectivity index (χ0) is 14.8. The van der Waals surface area contributed by atoms with Gasteiger partial charge in [0.2, 0.25) is 5.88 Å². The fraction of sp³-hybridized carbons (Fsp3) is 0.312. The number of nitrogens with one attached hydrogen (secondary N) is 1. The molecule has 0 saturated heterocycles. The molecule has 1 aromatic heterocycles. The number of nitrogens with zero attached hydrogens (tertiary/aromatic N) is 1. The molecule has 1 aliphatic rings. The minimum absolute atomic E-state index is 0.563. The summed E-state index contributed by atoms with van der Waals surface area (Å²) in [7, 11) is 0. The van der Waals surface area contributed by atoms with Crippen LogP contribution in [0.15, 0.2) is 34.8 Å². The van der Waals surface area contributed by atoms with E-state index in [4.69, 9.17) is 16.3 Å². The summed E-state index contributed by atoms with van der Waals surface area (Å²) in [6.07, 6.45) is 2.48. The van der Waals surface area contributed by atoms with Gasteiger partial charge in [0.15, 0.2) is 0 Å². The minimum Gasteiger partial charge on any atom is -0.439 e. The van der Waals surface area contributed by atoms with E-state index < -0.39 is 0 Å². The summed E-state index contributed by atoms with van der Waals surface area (Å²) in [5.41, 5.74) is 1.89. The number of aromatic nitrogens is 1. The summed E-state index contributed by atoms with van der Waals surface area (Å²) >= 11 is 9.65. The molecule has 3 rings (SSSR count). The van der Waals surface area contributed by atoms with Crippen LogP contribution in [0.3, 0.4) is 0 Å². The number of pyridine rings is 1. The first-order valence-corrected chi connectivity index (χ1v) is 8.12. The number of hydrogen-bond acceptors (Lipinski definition) is 3. The molecule has 1 aliphatic carbocycles. The maximum Gasteiger partial charge on any atom is 0.219 e. The van der Waals surface area contributed by atoms with Crippen LogP contribution in [-0.4, -0.2) is 11.0 Å². The molecule has 0 spiro atoms. The van der Waals surface area contributed by atoms with Crippen molar-refractivity contribution in [3.05, 3.63) is 51.1 Å². The molecule has 0 bridgehead atoms. The predicted molar refractivity (Wildman–Crippen MR) is 88.1 cm³/mol. The Hall–Kier alpha value is -1.10. The van der Waals surface area contributed by atoms with Crippen molar-refractivity contribution in [2.45, 2.75) is 32.4 Å². The van der Waals surface area contributed by atoms with Gasteiger partial charge in [-0.15, -0.1) is 0 Å². The molecule has 1 heterocycles. The van der Waals surface area contributed by atoms with E-state index in [9.17, 15) is 0 Å². The topological polar surface area (TPSA) is 34.1 Å². The van der Waals surface area contributed by atoms with Crippen molar-refractivity contribution in [3.63, 3.8) is 0 Å². The molecule has 1 aromatic carbocycles. The molecule has 0 unspecified atom stereocenters. The van der Waals surface area contributed by atoms with Crippen molar-refractivity contribution in [1.29, 1.82) is 0 Å². The van der Waals surface area contributed by atoms with E-state index >= 15 is 0 Å². The van der Waals surface area contributed by atoms with Crippen LogP contribution in [0.5, 0.6) is 11.6 Å². The van der Waals surface area contributed by atoms with E-state index in [0.29, 0.717) is 23.5 Å². The fourth-order valence-electron chi connectivity index (χ4n) is 1.97. The lowest BCUT2D eigenvalue weighted by atomic mass is 10.2. The van der Waals surface area contributed by atoms with Gasteiger partial charge in [-0.3, -0.25) is 0 Å². The first kappa shape index (κ1) is 14.8. The molecule has 0 aliphatic heterocycles. The van der Waals surface area contributed by atoms with Gasteiger partial charge < -0.3 is 10.1 Å². The van der Waals surface area contributed by atoms with Gasteiger partial charge in [0.25, 0.3) is 0 Å². The van der Waals surface area contributed by atoms with Gasteiger partial charge in [-0.05, 0) is 43.5 Å². The van der Waals surface area contributed by atoms with Crippen molar-refractivity contribution in [3.8, 4) is 11.6 Å². The van der Waals surface area contributed by atoms with Crippen molar-refractivity contribution in [1.82, 2.24) is 10.3 Å². The summed E-state index contributed by atoms with van der Waals surface area (Å²) in [4.78, 5) is 4.51. The zero-order valence-electron chi connectivity index (χ0n) is 11.7. The second-order valence-corrected chi connectivity index (χ2v) is 6.57. The van der Waals surface area contributed by atoms with Crippen LogP contribution in [0.4, 0.5) is 0 Å². The maximum absolute atomic E-state index is 6.19. The highest BCUT2D eigenvalue weighted by Crippen LogP contribution is 2.28. The molecule has 2 aromatic rings. The molecular formula is C16H16BrClN2O. The summed E-state index contributed by atoms with van der Waals surface area (Å²) in [5, 5.41) is 4.08. The minimum atomic E-state index is 0.563. The number of halogens is 2. The highest BCUT2D eigenvalue weighted by Gasteiger charge is 2.20. The summed E-state index contributed by atoms with van der Waals surface area (Å²) in [6, 6.07) is 10.2. The third kappa shape index (κ3) is 3.96. The van der Waals surface area contributed by atoms with Crippen molar-refractivity contribution >= 4 is 27.5 Å². The molecular weight excluding hydrogens is 352 g/mol. The Balaban J connectivity index is 1.78. The number of ether oxygens (including phenoxy) is 1. The Bertz CT molecular complexity index is 659. The maximum atomic E-state index is 6.19. The van der Waals surface area contributed by atoms with Crippen molar-refractivity contribution in [2.24, 2.45) is 0 Å². The first-order valence-electron chi connectivity index (χ1n) is 6.94. The average Bonchev–Trinajstić information content (AvgIpc) is 3.27. The lowest BCUT2D eigenvalue weighted by molar-refractivity contribution is 0.456. The van der Waals surface area contributed by atoms with Crippen LogP contribution >= 0.6 is 27.5 Å². The Morgan fingerprint density at radius 3 is 2.90 bits per heavy atom. The molecule has 110 valence electrons. The Morgan fingerprint density at radius 2 is 2.14 bits per heavy atom. The van der Waals surface area contributed by atoms with Crippen LogP contribution in [0.25, 0.3) is 0 Å². The third-order valence-electron chi connectivity index (χ3n) is 3.39. The molecule has 1 fully saturated rings. The molecule has 5 heteroatoms. The molecule has 21 heavy (non-hydrogen) atoms. The largest absolute Gasteiger partial charge is 0.439 e. The predicted octanol–water partition coefficient (Wildman–Crippen LogP) is 4.85. The standard InChI is InChI=1S/C16H16BrClN2O/c1-10-2-3-11(17)8-15(10)21-16-7-6-13(18)14(20-16)9-19-12-4-5-12/h2-3,6-8,12,19H,4-5,9H2,1H3. The van der Waals surface area contributed by atoms with Gasteiger partial charge in [-0.1, -0.05) is 33.6 Å². The van der Waals surface area contributed by atoms with Crippen LogP contribution in [0.1, 0.15) is 24.1 Å². The number of hydrogen-bond donors (Lipinski definition) is 1. The lowest BCUT2D eigenvalue weighted by Crippen LogP contribution is -2.16. The Kier molecular flexibility index (Phi) is 4.48. The summed E-state index contributed by atoms with van der Waals surface area (Å²) < 4.78 is 6.86.